The van der Waals surface area contributed by atoms with Gasteiger partial charge in [0.15, 0.2) is 0 Å². The molecule has 1 N–H and O–H groups in total. The highest BCUT2D eigenvalue weighted by Crippen LogP contribution is 2.33. The zero-order chi connectivity index (χ0) is 12.5. The Kier molecular flexibility index (Phi) is 3.27. The van der Waals surface area contributed by atoms with Gasteiger partial charge in [-0.3, -0.25) is 5.10 Å². The molecule has 96 valence electrons. The van der Waals surface area contributed by atoms with Gasteiger partial charge >= 0.3 is 0 Å². The number of hydrogen-bond acceptors (Lipinski definition) is 3. The minimum Gasteiger partial charge on any atom is -0.282 e. The van der Waals surface area contributed by atoms with Crippen LogP contribution in [0.25, 0.3) is 0 Å². The topological polar surface area (TPSA) is 66.1 Å². The van der Waals surface area contributed by atoms with Crippen LogP contribution in [0.4, 0.5) is 0 Å². The summed E-state index contributed by atoms with van der Waals surface area (Å²) in [4.78, 5) is 0. The quantitative estimate of drug-likeness (QED) is 0.882. The first-order chi connectivity index (χ1) is 7.98. The van der Waals surface area contributed by atoms with Crippen LogP contribution in [0.5, 0.6) is 0 Å². The lowest BCUT2D eigenvalue weighted by atomic mass is 9.80. The monoisotopic (exact) mass is 257 g/mol. The van der Waals surface area contributed by atoms with Gasteiger partial charge in [0.25, 0.3) is 0 Å². The molecule has 0 bridgehead atoms. The van der Waals surface area contributed by atoms with E-state index in [9.17, 15) is 8.42 Å². The zero-order valence-corrected chi connectivity index (χ0v) is 11.1. The molecule has 5 nitrogen and oxygen atoms in total. The second-order valence-corrected chi connectivity index (χ2v) is 7.13. The second kappa shape index (κ2) is 4.42. The van der Waals surface area contributed by atoms with Crippen LogP contribution in [0, 0.1) is 0 Å². The van der Waals surface area contributed by atoms with E-state index in [1.165, 1.54) is 0 Å². The predicted octanol–water partition coefficient (Wildman–Crippen LogP) is 1.11. The molecule has 0 saturated carbocycles. The Morgan fingerprint density at radius 3 is 2.94 bits per heavy atom. The van der Waals surface area contributed by atoms with E-state index < -0.39 is 10.0 Å². The summed E-state index contributed by atoms with van der Waals surface area (Å²) >= 11 is 0. The molecule has 0 spiro atoms. The molecule has 2 heterocycles. The van der Waals surface area contributed by atoms with Crippen molar-refractivity contribution < 1.29 is 8.42 Å². The Balaban J connectivity index is 2.23. The summed E-state index contributed by atoms with van der Waals surface area (Å²) in [6.07, 6.45) is 3.60. The third-order valence-corrected chi connectivity index (χ3v) is 5.40. The molecule has 1 aromatic rings. The normalized spacial score (nSPS) is 27.2. The number of aromatic amines is 1. The highest BCUT2D eigenvalue weighted by molar-refractivity contribution is 7.89. The maximum absolute atomic E-state index is 11.9. The molecule has 1 saturated heterocycles. The molecular formula is C11H19N3O2S. The highest BCUT2D eigenvalue weighted by atomic mass is 32.2. The largest absolute Gasteiger partial charge is 0.282 e. The van der Waals surface area contributed by atoms with Crippen molar-refractivity contribution in [1.29, 1.82) is 0 Å². The van der Waals surface area contributed by atoms with E-state index in [-0.39, 0.29) is 11.2 Å². The van der Waals surface area contributed by atoms with Crippen molar-refractivity contribution in [2.45, 2.75) is 32.1 Å². The van der Waals surface area contributed by atoms with Crippen molar-refractivity contribution in [2.75, 3.05) is 18.8 Å². The maximum atomic E-state index is 11.9. The van der Waals surface area contributed by atoms with E-state index in [0.717, 1.165) is 18.5 Å². The van der Waals surface area contributed by atoms with Gasteiger partial charge < -0.3 is 0 Å². The van der Waals surface area contributed by atoms with Crippen molar-refractivity contribution in [2.24, 2.45) is 0 Å². The summed E-state index contributed by atoms with van der Waals surface area (Å²) in [7, 11) is -3.08. The van der Waals surface area contributed by atoms with Crippen LogP contribution in [-0.4, -0.2) is 41.8 Å². The Morgan fingerprint density at radius 1 is 1.59 bits per heavy atom. The van der Waals surface area contributed by atoms with Crippen molar-refractivity contribution >= 4 is 10.0 Å². The van der Waals surface area contributed by atoms with E-state index in [0.29, 0.717) is 13.1 Å². The average Bonchev–Trinajstić information content (AvgIpc) is 2.83. The summed E-state index contributed by atoms with van der Waals surface area (Å²) in [5.41, 5.74) is 0.880. The van der Waals surface area contributed by atoms with Crippen LogP contribution in [0.1, 0.15) is 32.4 Å². The SMILES string of the molecule is CCS(=O)(=O)N1CCC[C@@](C)(c2ccn[nH]2)C1. The number of nitrogens with zero attached hydrogens (tertiary/aromatic N) is 2. The molecule has 1 atom stereocenters. The molecule has 1 aliphatic rings. The molecule has 0 aromatic carbocycles. The number of piperidine rings is 1. The van der Waals surface area contributed by atoms with Gasteiger partial charge in [0.2, 0.25) is 10.0 Å². The third kappa shape index (κ3) is 2.37. The van der Waals surface area contributed by atoms with Crippen LogP contribution >= 0.6 is 0 Å². The molecule has 0 unspecified atom stereocenters. The number of nitrogens with one attached hydrogen (secondary N) is 1. The van der Waals surface area contributed by atoms with Crippen LogP contribution < -0.4 is 0 Å². The lowest BCUT2D eigenvalue weighted by Crippen LogP contribution is -2.47. The minimum atomic E-state index is -3.08. The fourth-order valence-electron chi connectivity index (χ4n) is 2.42. The summed E-state index contributed by atoms with van der Waals surface area (Å²) in [5.74, 6) is 0.173. The number of sulfonamides is 1. The van der Waals surface area contributed by atoms with Crippen molar-refractivity contribution in [1.82, 2.24) is 14.5 Å². The van der Waals surface area contributed by atoms with E-state index >= 15 is 0 Å². The fourth-order valence-corrected chi connectivity index (χ4v) is 3.68. The standard InChI is InChI=1S/C11H19N3O2S/c1-3-17(15,16)14-8-4-6-11(2,9-14)10-5-7-12-13-10/h5,7H,3-4,6,8-9H2,1-2H3,(H,12,13)/t11-/m1/s1. The average molecular weight is 257 g/mol. The molecule has 1 aliphatic heterocycles. The van der Waals surface area contributed by atoms with Gasteiger partial charge in [0, 0.05) is 30.4 Å². The van der Waals surface area contributed by atoms with E-state index in [1.807, 2.05) is 6.07 Å². The first-order valence-electron chi connectivity index (χ1n) is 5.96. The summed E-state index contributed by atoms with van der Waals surface area (Å²) in [6.45, 7) is 4.97. The van der Waals surface area contributed by atoms with E-state index in [4.69, 9.17) is 0 Å². The summed E-state index contributed by atoms with van der Waals surface area (Å²) < 4.78 is 25.4. The third-order valence-electron chi connectivity index (χ3n) is 3.57. The zero-order valence-electron chi connectivity index (χ0n) is 10.3. The van der Waals surface area contributed by atoms with Gasteiger partial charge in [-0.2, -0.15) is 5.10 Å². The molecule has 17 heavy (non-hydrogen) atoms. The lowest BCUT2D eigenvalue weighted by molar-refractivity contribution is 0.236. The smallest absolute Gasteiger partial charge is 0.213 e. The van der Waals surface area contributed by atoms with E-state index in [2.05, 4.69) is 17.1 Å². The highest BCUT2D eigenvalue weighted by Gasteiger charge is 2.37. The van der Waals surface area contributed by atoms with Gasteiger partial charge in [-0.15, -0.1) is 0 Å². The van der Waals surface area contributed by atoms with Gasteiger partial charge in [0.1, 0.15) is 0 Å². The van der Waals surface area contributed by atoms with Gasteiger partial charge in [-0.05, 0) is 25.8 Å². The first-order valence-corrected chi connectivity index (χ1v) is 7.56. The van der Waals surface area contributed by atoms with E-state index in [1.54, 1.807) is 17.4 Å². The fraction of sp³-hybridized carbons (Fsp3) is 0.727. The van der Waals surface area contributed by atoms with Gasteiger partial charge in [-0.1, -0.05) is 6.92 Å². The summed E-state index contributed by atoms with van der Waals surface area (Å²) in [5, 5.41) is 6.92. The summed E-state index contributed by atoms with van der Waals surface area (Å²) in [6, 6.07) is 1.93. The Morgan fingerprint density at radius 2 is 2.35 bits per heavy atom. The van der Waals surface area contributed by atoms with Gasteiger partial charge in [-0.25, -0.2) is 12.7 Å². The Labute approximate surface area is 102 Å². The molecule has 0 aliphatic carbocycles. The lowest BCUT2D eigenvalue weighted by Gasteiger charge is -2.38. The number of aromatic nitrogens is 2. The minimum absolute atomic E-state index is 0.142. The van der Waals surface area contributed by atoms with Crippen LogP contribution in [0.3, 0.4) is 0 Å². The van der Waals surface area contributed by atoms with Crippen LogP contribution in [0.15, 0.2) is 12.3 Å². The Hall–Kier alpha value is -0.880. The molecule has 0 amide bonds. The van der Waals surface area contributed by atoms with Crippen LogP contribution in [0.2, 0.25) is 0 Å². The van der Waals surface area contributed by atoms with Crippen molar-refractivity contribution in [3.05, 3.63) is 18.0 Å². The van der Waals surface area contributed by atoms with Crippen LogP contribution in [-0.2, 0) is 15.4 Å². The Bertz CT molecular complexity index is 469. The number of H-pyrrole nitrogens is 1. The first kappa shape index (κ1) is 12.6. The number of rotatable bonds is 3. The molecule has 2 rings (SSSR count). The van der Waals surface area contributed by atoms with Crippen molar-refractivity contribution in [3.8, 4) is 0 Å². The molecule has 1 fully saturated rings. The predicted molar refractivity (Wildman–Crippen MR) is 66.2 cm³/mol. The molecule has 1 aromatic heterocycles. The van der Waals surface area contributed by atoms with Gasteiger partial charge in [0.05, 0.1) is 5.75 Å². The maximum Gasteiger partial charge on any atom is 0.213 e. The second-order valence-electron chi connectivity index (χ2n) is 4.87. The number of hydrogen-bond donors (Lipinski definition) is 1. The molecule has 0 radical (unpaired) electrons. The molecule has 6 heteroatoms. The molecular weight excluding hydrogens is 238 g/mol. The van der Waals surface area contributed by atoms with Crippen molar-refractivity contribution in [3.63, 3.8) is 0 Å².